The van der Waals surface area contributed by atoms with Gasteiger partial charge in [-0.25, -0.2) is 12.8 Å². The average Bonchev–Trinajstić information content (AvgIpc) is 2.39. The van der Waals surface area contributed by atoms with Gasteiger partial charge in [-0.05, 0) is 37.4 Å². The maximum atomic E-state index is 13.6. The third-order valence-corrected chi connectivity index (χ3v) is 5.17. The zero-order valence-electron chi connectivity index (χ0n) is 10.5. The monoisotopic (exact) mass is 308 g/mol. The van der Waals surface area contributed by atoms with E-state index < -0.39 is 15.8 Å². The van der Waals surface area contributed by atoms with Crippen molar-refractivity contribution < 1.29 is 12.8 Å². The minimum Gasteiger partial charge on any atom is -0.330 e. The Labute approximate surface area is 119 Å². The zero-order chi connectivity index (χ0) is 13.2. The van der Waals surface area contributed by atoms with Gasteiger partial charge in [0.15, 0.2) is 0 Å². The molecule has 108 valence electrons. The van der Waals surface area contributed by atoms with E-state index in [9.17, 15) is 12.8 Å². The fraction of sp³-hybridized carbons (Fsp3) is 0.500. The topological polar surface area (TPSA) is 63.4 Å². The predicted octanol–water partition coefficient (Wildman–Crippen LogP) is 1.61. The van der Waals surface area contributed by atoms with Crippen LogP contribution in [0.4, 0.5) is 4.39 Å². The number of halogens is 2. The van der Waals surface area contributed by atoms with Gasteiger partial charge in [0.05, 0.1) is 0 Å². The summed E-state index contributed by atoms with van der Waals surface area (Å²) in [5.41, 5.74) is 5.58. The van der Waals surface area contributed by atoms with Crippen molar-refractivity contribution in [3.8, 4) is 0 Å². The van der Waals surface area contributed by atoms with Crippen molar-refractivity contribution in [2.24, 2.45) is 11.7 Å². The average molecular weight is 309 g/mol. The molecule has 2 N–H and O–H groups in total. The molecule has 0 spiro atoms. The van der Waals surface area contributed by atoms with Crippen LogP contribution in [0.5, 0.6) is 0 Å². The molecule has 1 fully saturated rings. The number of sulfonamides is 1. The lowest BCUT2D eigenvalue weighted by atomic mass is 10.0. The first-order chi connectivity index (χ1) is 8.55. The highest BCUT2D eigenvalue weighted by molar-refractivity contribution is 7.89. The number of benzene rings is 1. The van der Waals surface area contributed by atoms with Gasteiger partial charge in [-0.3, -0.25) is 0 Å². The molecule has 1 heterocycles. The van der Waals surface area contributed by atoms with Gasteiger partial charge < -0.3 is 5.73 Å². The molecule has 1 saturated heterocycles. The third kappa shape index (κ3) is 3.45. The Morgan fingerprint density at radius 1 is 1.37 bits per heavy atom. The van der Waals surface area contributed by atoms with Gasteiger partial charge in [-0.15, -0.1) is 12.4 Å². The molecule has 4 nitrogen and oxygen atoms in total. The van der Waals surface area contributed by atoms with Crippen LogP contribution >= 0.6 is 12.4 Å². The van der Waals surface area contributed by atoms with Crippen LogP contribution in [-0.4, -0.2) is 32.4 Å². The summed E-state index contributed by atoms with van der Waals surface area (Å²) in [6, 6.07) is 5.47. The lowest BCUT2D eigenvalue weighted by Crippen LogP contribution is -2.42. The van der Waals surface area contributed by atoms with Crippen LogP contribution in [-0.2, 0) is 10.0 Å². The molecule has 1 aliphatic heterocycles. The van der Waals surface area contributed by atoms with E-state index in [4.69, 9.17) is 5.73 Å². The summed E-state index contributed by atoms with van der Waals surface area (Å²) in [7, 11) is -3.73. The van der Waals surface area contributed by atoms with Gasteiger partial charge in [0, 0.05) is 13.1 Å². The van der Waals surface area contributed by atoms with Crippen LogP contribution in [0.1, 0.15) is 12.8 Å². The second kappa shape index (κ2) is 6.65. The Balaban J connectivity index is 0.00000180. The quantitative estimate of drug-likeness (QED) is 0.922. The van der Waals surface area contributed by atoms with Crippen molar-refractivity contribution in [3.63, 3.8) is 0 Å². The lowest BCUT2D eigenvalue weighted by Gasteiger charge is -2.31. The molecule has 0 radical (unpaired) electrons. The first-order valence-corrected chi connectivity index (χ1v) is 7.44. The normalized spacial score (nSPS) is 20.8. The first kappa shape index (κ1) is 16.4. The minimum atomic E-state index is -3.73. The molecule has 7 heteroatoms. The maximum absolute atomic E-state index is 13.6. The van der Waals surface area contributed by atoms with Crippen molar-refractivity contribution in [3.05, 3.63) is 30.1 Å². The van der Waals surface area contributed by atoms with Crippen molar-refractivity contribution >= 4 is 22.4 Å². The maximum Gasteiger partial charge on any atom is 0.245 e. The Bertz CT molecular complexity index is 524. The number of hydrogen-bond donors (Lipinski definition) is 1. The third-order valence-electron chi connectivity index (χ3n) is 3.27. The second-order valence-electron chi connectivity index (χ2n) is 4.54. The Morgan fingerprint density at radius 2 is 2.05 bits per heavy atom. The molecule has 19 heavy (non-hydrogen) atoms. The van der Waals surface area contributed by atoms with Gasteiger partial charge in [-0.2, -0.15) is 4.31 Å². The Morgan fingerprint density at radius 3 is 2.68 bits per heavy atom. The highest BCUT2D eigenvalue weighted by Gasteiger charge is 2.31. The zero-order valence-corrected chi connectivity index (χ0v) is 12.1. The lowest BCUT2D eigenvalue weighted by molar-refractivity contribution is 0.270. The molecule has 0 aromatic heterocycles. The van der Waals surface area contributed by atoms with Crippen LogP contribution in [0.25, 0.3) is 0 Å². The summed E-state index contributed by atoms with van der Waals surface area (Å²) >= 11 is 0. The molecule has 1 aromatic carbocycles. The van der Waals surface area contributed by atoms with Gasteiger partial charge in [0.1, 0.15) is 10.7 Å². The van der Waals surface area contributed by atoms with Gasteiger partial charge in [0.2, 0.25) is 10.0 Å². The summed E-state index contributed by atoms with van der Waals surface area (Å²) in [5, 5.41) is 0. The van der Waals surface area contributed by atoms with E-state index in [-0.39, 0.29) is 23.2 Å². The number of rotatable bonds is 3. The smallest absolute Gasteiger partial charge is 0.245 e. The van der Waals surface area contributed by atoms with Crippen LogP contribution in [0.2, 0.25) is 0 Å². The van der Waals surface area contributed by atoms with Crippen molar-refractivity contribution in [1.82, 2.24) is 4.31 Å². The summed E-state index contributed by atoms with van der Waals surface area (Å²) in [5.74, 6) is -0.535. The molecular formula is C12H18ClFN2O2S. The highest BCUT2D eigenvalue weighted by Crippen LogP contribution is 2.24. The SMILES string of the molecule is Cl.NCC1CCCN(S(=O)(=O)c2ccccc2F)C1. The molecule has 2 rings (SSSR count). The number of hydrogen-bond acceptors (Lipinski definition) is 3. The highest BCUT2D eigenvalue weighted by atomic mass is 35.5. The van der Waals surface area contributed by atoms with Gasteiger partial charge in [0.25, 0.3) is 0 Å². The first-order valence-electron chi connectivity index (χ1n) is 6.00. The molecular weight excluding hydrogens is 291 g/mol. The fourth-order valence-electron chi connectivity index (χ4n) is 2.23. The summed E-state index contributed by atoms with van der Waals surface area (Å²) in [4.78, 5) is -0.248. The van der Waals surface area contributed by atoms with E-state index in [0.29, 0.717) is 19.6 Å². The van der Waals surface area contributed by atoms with E-state index in [0.717, 1.165) is 18.9 Å². The van der Waals surface area contributed by atoms with Crippen LogP contribution in [0.3, 0.4) is 0 Å². The molecule has 0 saturated carbocycles. The molecule has 0 bridgehead atoms. The Hall–Kier alpha value is -0.690. The number of piperidine rings is 1. The van der Waals surface area contributed by atoms with Crippen LogP contribution < -0.4 is 5.73 Å². The molecule has 0 amide bonds. The predicted molar refractivity (Wildman–Crippen MR) is 74.2 cm³/mol. The summed E-state index contributed by atoms with van der Waals surface area (Å²) in [6.07, 6.45) is 1.70. The van der Waals surface area contributed by atoms with Crippen molar-refractivity contribution in [2.45, 2.75) is 17.7 Å². The summed E-state index contributed by atoms with van der Waals surface area (Å²) < 4.78 is 39.6. The number of nitrogens with zero attached hydrogens (tertiary/aromatic N) is 1. The van der Waals surface area contributed by atoms with E-state index in [1.807, 2.05) is 0 Å². The second-order valence-corrected chi connectivity index (χ2v) is 6.44. The van der Waals surface area contributed by atoms with E-state index in [1.165, 1.54) is 22.5 Å². The van der Waals surface area contributed by atoms with Gasteiger partial charge in [-0.1, -0.05) is 12.1 Å². The van der Waals surface area contributed by atoms with E-state index >= 15 is 0 Å². The van der Waals surface area contributed by atoms with Crippen molar-refractivity contribution in [2.75, 3.05) is 19.6 Å². The van der Waals surface area contributed by atoms with Crippen LogP contribution in [0, 0.1) is 11.7 Å². The van der Waals surface area contributed by atoms with E-state index in [1.54, 1.807) is 0 Å². The van der Waals surface area contributed by atoms with Gasteiger partial charge >= 0.3 is 0 Å². The van der Waals surface area contributed by atoms with E-state index in [2.05, 4.69) is 0 Å². The molecule has 0 aliphatic carbocycles. The molecule has 1 unspecified atom stereocenters. The standard InChI is InChI=1S/C12H17FN2O2S.ClH/c13-11-5-1-2-6-12(11)18(16,17)15-7-3-4-10(8-14)9-15;/h1-2,5-6,10H,3-4,7-9,14H2;1H. The molecule has 1 atom stereocenters. The Kier molecular flexibility index (Phi) is 5.73. The largest absolute Gasteiger partial charge is 0.330 e. The fourth-order valence-corrected chi connectivity index (χ4v) is 3.85. The minimum absolute atomic E-state index is 0. The summed E-state index contributed by atoms with van der Waals surface area (Å²) in [6.45, 7) is 1.28. The molecule has 1 aliphatic rings. The molecule has 1 aromatic rings. The number of nitrogens with two attached hydrogens (primary N) is 1. The van der Waals surface area contributed by atoms with Crippen molar-refractivity contribution in [1.29, 1.82) is 0 Å². The van der Waals surface area contributed by atoms with Crippen LogP contribution in [0.15, 0.2) is 29.2 Å².